The molecule has 1 aliphatic rings. The monoisotopic (exact) mass is 228 g/mol. The normalized spacial score (nSPS) is 35.3. The highest BCUT2D eigenvalue weighted by molar-refractivity contribution is 7.83. The Morgan fingerprint density at radius 3 is 2.87 bits per heavy atom. The van der Waals surface area contributed by atoms with E-state index in [1.54, 1.807) is 14.0 Å². The summed E-state index contributed by atoms with van der Waals surface area (Å²) in [7, 11) is 9.67. The van der Waals surface area contributed by atoms with Gasteiger partial charge in [-0.05, 0) is 12.6 Å². The van der Waals surface area contributed by atoms with Gasteiger partial charge in [-0.3, -0.25) is 0 Å². The Bertz CT molecular complexity index is 251. The molecule has 83 valence electrons. The molecule has 4 atom stereocenters. The van der Waals surface area contributed by atoms with Crippen LogP contribution in [0, 0.1) is 0 Å². The molecule has 1 fully saturated rings. The van der Waals surface area contributed by atoms with Crippen LogP contribution in [0.25, 0.3) is 0 Å². The van der Waals surface area contributed by atoms with Crippen LogP contribution in [-0.4, -0.2) is 53.5 Å². The van der Waals surface area contributed by atoms with E-state index in [4.69, 9.17) is 29.4 Å². The maximum absolute atomic E-state index is 11.6. The molecule has 0 spiro atoms. The first kappa shape index (κ1) is 13.3. The molecule has 1 rings (SSSR count). The molecule has 0 amide bonds. The average molecular weight is 228 g/mol. The zero-order valence-corrected chi connectivity index (χ0v) is 9.98. The fraction of sp³-hybridized carbons (Fsp3) is 1.00. The van der Waals surface area contributed by atoms with Crippen molar-refractivity contribution in [2.24, 2.45) is 0 Å². The Morgan fingerprint density at radius 2 is 2.33 bits per heavy atom. The third-order valence-electron chi connectivity index (χ3n) is 2.31. The first-order valence-electron chi connectivity index (χ1n) is 4.94. The second-order valence-electron chi connectivity index (χ2n) is 3.59. The maximum Gasteiger partial charge on any atom is 0.109 e. The van der Waals surface area contributed by atoms with Crippen molar-refractivity contribution in [1.82, 2.24) is 0 Å². The van der Waals surface area contributed by atoms with E-state index in [2.05, 4.69) is 0 Å². The summed E-state index contributed by atoms with van der Waals surface area (Å²) in [5.41, 5.74) is 0. The number of methoxy groups -OCH3 is 1. The summed E-state index contributed by atoms with van der Waals surface area (Å²) in [6.45, 7) is 2.09. The molecule has 1 aliphatic heterocycles. The molecule has 5 radical (unpaired) electrons. The highest BCUT2D eigenvalue weighted by Crippen LogP contribution is 2.44. The SMILES string of the molecule is [B][C@H]1C[C@@H](OP([B-])(=O)CC)[C@@H](COC)O1. The van der Waals surface area contributed by atoms with Crippen LogP contribution in [0.3, 0.4) is 0 Å². The van der Waals surface area contributed by atoms with Crippen LogP contribution >= 0.6 is 7.25 Å². The summed E-state index contributed by atoms with van der Waals surface area (Å²) in [5.74, 6) is 0. The highest BCUT2D eigenvalue weighted by Gasteiger charge is 2.34. The summed E-state index contributed by atoms with van der Waals surface area (Å²) in [5, 5.41) is 0. The van der Waals surface area contributed by atoms with E-state index in [9.17, 15) is 4.57 Å². The predicted molar refractivity (Wildman–Crippen MR) is 59.7 cm³/mol. The number of hydrogen-bond donors (Lipinski definition) is 0. The lowest BCUT2D eigenvalue weighted by atomic mass is 9.96. The fourth-order valence-corrected chi connectivity index (χ4v) is 2.30. The average Bonchev–Trinajstić information content (AvgIpc) is 2.47. The third-order valence-corrected chi connectivity index (χ3v) is 3.82. The van der Waals surface area contributed by atoms with Crippen LogP contribution < -0.4 is 0 Å². The molecule has 0 saturated carbocycles. The molecule has 1 saturated heterocycles. The molecule has 0 aromatic carbocycles. The maximum atomic E-state index is 11.6. The van der Waals surface area contributed by atoms with Crippen molar-refractivity contribution in [2.45, 2.75) is 31.6 Å². The summed E-state index contributed by atoms with van der Waals surface area (Å²) in [6.07, 6.45) is 0.178. The van der Waals surface area contributed by atoms with E-state index in [0.29, 0.717) is 19.2 Å². The van der Waals surface area contributed by atoms with Crippen LogP contribution in [0.1, 0.15) is 13.3 Å². The fourth-order valence-electron chi connectivity index (χ4n) is 1.47. The van der Waals surface area contributed by atoms with E-state index in [-0.39, 0.29) is 12.2 Å². The summed E-state index contributed by atoms with van der Waals surface area (Å²) in [4.78, 5) is 0. The van der Waals surface area contributed by atoms with E-state index in [1.165, 1.54) is 0 Å². The zero-order valence-electron chi connectivity index (χ0n) is 9.09. The molecule has 0 N–H and O–H groups in total. The minimum atomic E-state index is -3.00. The first-order chi connectivity index (χ1) is 6.98. The number of ether oxygens (including phenoxy) is 2. The van der Waals surface area contributed by atoms with Crippen molar-refractivity contribution >= 4 is 22.7 Å². The van der Waals surface area contributed by atoms with Crippen LogP contribution in [0.2, 0.25) is 0 Å². The molecule has 0 aromatic heterocycles. The third kappa shape index (κ3) is 3.95. The molecule has 0 aromatic rings. The van der Waals surface area contributed by atoms with Gasteiger partial charge >= 0.3 is 0 Å². The summed E-state index contributed by atoms with van der Waals surface area (Å²) in [6, 6.07) is -0.396. The van der Waals surface area contributed by atoms with Crippen LogP contribution in [0.15, 0.2) is 0 Å². The molecule has 1 unspecified atom stereocenters. The van der Waals surface area contributed by atoms with Gasteiger partial charge in [-0.15, -0.1) is 0 Å². The van der Waals surface area contributed by atoms with E-state index >= 15 is 0 Å². The second kappa shape index (κ2) is 5.53. The topological polar surface area (TPSA) is 44.8 Å². The van der Waals surface area contributed by atoms with Crippen molar-refractivity contribution in [1.29, 1.82) is 0 Å². The molecule has 0 bridgehead atoms. The lowest BCUT2D eigenvalue weighted by Crippen LogP contribution is -2.28. The molecular weight excluding hydrogens is 213 g/mol. The summed E-state index contributed by atoms with van der Waals surface area (Å²) < 4.78 is 27.3. The van der Waals surface area contributed by atoms with Crippen molar-refractivity contribution in [3.05, 3.63) is 0 Å². The predicted octanol–water partition coefficient (Wildman–Crippen LogP) is 0.683. The van der Waals surface area contributed by atoms with Crippen molar-refractivity contribution in [3.63, 3.8) is 0 Å². The van der Waals surface area contributed by atoms with Gasteiger partial charge in [0.15, 0.2) is 0 Å². The molecular formula is C8H15B2O4P-. The quantitative estimate of drug-likeness (QED) is 0.512. The van der Waals surface area contributed by atoms with Gasteiger partial charge in [0.05, 0.1) is 12.7 Å². The van der Waals surface area contributed by atoms with Gasteiger partial charge in [-0.25, -0.2) is 0 Å². The van der Waals surface area contributed by atoms with Crippen LogP contribution in [0.5, 0.6) is 0 Å². The van der Waals surface area contributed by atoms with Gasteiger partial charge in [0.1, 0.15) is 14.0 Å². The standard InChI is InChI=1S/C8H15B2O4P/c1-3-15(10,11)14-6-4-8(9)13-7(6)5-12-2/h6-8H,3-5H2,1-2H3/q-1/t6-,7-,8-,15?/m1/s1. The van der Waals surface area contributed by atoms with Gasteiger partial charge in [-0.2, -0.15) is 0 Å². The lowest BCUT2D eigenvalue weighted by molar-refractivity contribution is -0.00911. The van der Waals surface area contributed by atoms with E-state index in [1.807, 2.05) is 0 Å². The van der Waals surface area contributed by atoms with Crippen molar-refractivity contribution < 1.29 is 18.6 Å². The molecule has 15 heavy (non-hydrogen) atoms. The Balaban J connectivity index is 2.55. The second-order valence-corrected chi connectivity index (χ2v) is 5.89. The number of rotatable bonds is 5. The molecule has 0 aliphatic carbocycles. The molecule has 7 heteroatoms. The van der Waals surface area contributed by atoms with Crippen LogP contribution in [-0.2, 0) is 18.6 Å². The smallest absolute Gasteiger partial charge is 0.109 e. The first-order valence-corrected chi connectivity index (χ1v) is 6.82. The Kier molecular flexibility index (Phi) is 4.91. The van der Waals surface area contributed by atoms with Gasteiger partial charge in [0.25, 0.3) is 0 Å². The Morgan fingerprint density at radius 1 is 1.67 bits per heavy atom. The minimum absolute atomic E-state index is 0.284. The summed E-state index contributed by atoms with van der Waals surface area (Å²) >= 11 is 0. The number of hydrogen-bond acceptors (Lipinski definition) is 4. The lowest BCUT2D eigenvalue weighted by Gasteiger charge is -2.30. The van der Waals surface area contributed by atoms with Crippen molar-refractivity contribution in [2.75, 3.05) is 19.9 Å². The van der Waals surface area contributed by atoms with E-state index in [0.717, 1.165) is 0 Å². The van der Waals surface area contributed by atoms with Gasteiger partial charge in [0, 0.05) is 13.1 Å². The van der Waals surface area contributed by atoms with Crippen molar-refractivity contribution in [3.8, 4) is 0 Å². The zero-order chi connectivity index (χ0) is 11.5. The molecule has 1 heterocycles. The van der Waals surface area contributed by atoms with Gasteiger partial charge in [-0.1, -0.05) is 14.2 Å². The highest BCUT2D eigenvalue weighted by atomic mass is 31.2. The Labute approximate surface area is 93.3 Å². The Hall–Kier alpha value is 0.240. The largest absolute Gasteiger partial charge is 0.483 e. The molecule has 4 nitrogen and oxygen atoms in total. The van der Waals surface area contributed by atoms with Gasteiger partial charge in [0.2, 0.25) is 0 Å². The minimum Gasteiger partial charge on any atom is -0.483 e. The van der Waals surface area contributed by atoms with Crippen LogP contribution in [0.4, 0.5) is 0 Å². The van der Waals surface area contributed by atoms with E-state index < -0.39 is 13.3 Å². The van der Waals surface area contributed by atoms with Gasteiger partial charge < -0.3 is 26.1 Å².